The Hall–Kier alpha value is -2.92. The van der Waals surface area contributed by atoms with E-state index in [1.807, 2.05) is 28.5 Å². The lowest BCUT2D eigenvalue weighted by Gasteiger charge is -2.36. The Kier molecular flexibility index (Phi) is 4.02. The van der Waals surface area contributed by atoms with Gasteiger partial charge in [0.2, 0.25) is 0 Å². The highest BCUT2D eigenvalue weighted by molar-refractivity contribution is 7.12. The van der Waals surface area contributed by atoms with Crippen molar-refractivity contribution in [1.82, 2.24) is 9.88 Å². The number of hydrogen-bond acceptors (Lipinski definition) is 4. The minimum atomic E-state index is 0.140. The van der Waals surface area contributed by atoms with E-state index in [0.29, 0.717) is 0 Å². The smallest absolute Gasteiger partial charge is 0.264 e. The van der Waals surface area contributed by atoms with Crippen LogP contribution in [0.5, 0.6) is 0 Å². The second-order valence-corrected chi connectivity index (χ2v) is 7.70. The van der Waals surface area contributed by atoms with Crippen LogP contribution < -0.4 is 4.90 Å². The Balaban J connectivity index is 1.47. The first-order valence-electron chi connectivity index (χ1n) is 9.16. The van der Waals surface area contributed by atoms with Crippen LogP contribution in [0.2, 0.25) is 0 Å². The number of para-hydroxylation sites is 1. The predicted molar refractivity (Wildman–Crippen MR) is 112 cm³/mol. The van der Waals surface area contributed by atoms with Crippen molar-refractivity contribution in [2.24, 2.45) is 0 Å². The van der Waals surface area contributed by atoms with Gasteiger partial charge >= 0.3 is 0 Å². The fraction of sp³-hybridized carbons (Fsp3) is 0.182. The molecule has 0 bridgehead atoms. The standard InChI is InChI=1S/C22H19N3OS/c26-22(20-10-5-15-27-20)25-13-11-24(12-14-25)21-18-8-2-1-6-16(18)17-7-3-4-9-19(17)23-21/h1-10,15H,11-14H2. The number of piperazine rings is 1. The van der Waals surface area contributed by atoms with Crippen molar-refractivity contribution in [1.29, 1.82) is 0 Å². The Bertz CT molecular complexity index is 1120. The highest BCUT2D eigenvalue weighted by Crippen LogP contribution is 2.31. The third-order valence-electron chi connectivity index (χ3n) is 5.19. The molecule has 27 heavy (non-hydrogen) atoms. The summed E-state index contributed by atoms with van der Waals surface area (Å²) in [6, 6.07) is 20.6. The van der Waals surface area contributed by atoms with E-state index in [1.165, 1.54) is 27.5 Å². The molecule has 1 saturated heterocycles. The molecule has 4 nitrogen and oxygen atoms in total. The fourth-order valence-electron chi connectivity index (χ4n) is 3.80. The third kappa shape index (κ3) is 2.84. The summed E-state index contributed by atoms with van der Waals surface area (Å²) in [7, 11) is 0. The number of thiophene rings is 1. The van der Waals surface area contributed by atoms with Gasteiger partial charge in [-0.2, -0.15) is 0 Å². The van der Waals surface area contributed by atoms with Gasteiger partial charge in [-0.15, -0.1) is 11.3 Å². The van der Waals surface area contributed by atoms with Crippen LogP contribution in [0.15, 0.2) is 66.0 Å². The van der Waals surface area contributed by atoms with Crippen molar-refractivity contribution >= 4 is 44.7 Å². The van der Waals surface area contributed by atoms with Gasteiger partial charge in [-0.1, -0.05) is 48.5 Å². The molecule has 0 unspecified atom stereocenters. The minimum Gasteiger partial charge on any atom is -0.353 e. The zero-order valence-electron chi connectivity index (χ0n) is 14.8. The summed E-state index contributed by atoms with van der Waals surface area (Å²) < 4.78 is 0. The summed E-state index contributed by atoms with van der Waals surface area (Å²) in [5.74, 6) is 1.16. The van der Waals surface area contributed by atoms with E-state index in [4.69, 9.17) is 4.98 Å². The quantitative estimate of drug-likeness (QED) is 0.488. The number of hydrogen-bond donors (Lipinski definition) is 0. The van der Waals surface area contributed by atoms with Gasteiger partial charge in [0.25, 0.3) is 5.91 Å². The third-order valence-corrected chi connectivity index (χ3v) is 6.04. The van der Waals surface area contributed by atoms with Gasteiger partial charge in [-0.25, -0.2) is 4.98 Å². The highest BCUT2D eigenvalue weighted by atomic mass is 32.1. The average molecular weight is 373 g/mol. The van der Waals surface area contributed by atoms with Gasteiger partial charge in [0.15, 0.2) is 0 Å². The summed E-state index contributed by atoms with van der Waals surface area (Å²) in [4.78, 5) is 22.6. The van der Waals surface area contributed by atoms with Crippen molar-refractivity contribution in [3.8, 4) is 0 Å². The Morgan fingerprint density at radius 1 is 0.815 bits per heavy atom. The number of rotatable bonds is 2. The zero-order valence-corrected chi connectivity index (χ0v) is 15.7. The van der Waals surface area contributed by atoms with Gasteiger partial charge in [0.05, 0.1) is 10.4 Å². The van der Waals surface area contributed by atoms with Gasteiger partial charge in [0.1, 0.15) is 5.82 Å². The largest absolute Gasteiger partial charge is 0.353 e. The SMILES string of the molecule is O=C(c1cccs1)N1CCN(c2nc3ccccc3c3ccccc23)CC1. The van der Waals surface area contributed by atoms with E-state index in [0.717, 1.165) is 42.4 Å². The van der Waals surface area contributed by atoms with E-state index < -0.39 is 0 Å². The number of carbonyl (C=O) groups is 1. The van der Waals surface area contributed by atoms with Crippen LogP contribution in [0, 0.1) is 0 Å². The lowest BCUT2D eigenvalue weighted by atomic mass is 10.1. The molecule has 0 N–H and O–H groups in total. The number of benzene rings is 2. The Morgan fingerprint density at radius 3 is 2.26 bits per heavy atom. The van der Waals surface area contributed by atoms with Crippen molar-refractivity contribution < 1.29 is 4.79 Å². The maximum Gasteiger partial charge on any atom is 0.264 e. The minimum absolute atomic E-state index is 0.140. The number of anilines is 1. The van der Waals surface area contributed by atoms with Crippen molar-refractivity contribution in [3.63, 3.8) is 0 Å². The predicted octanol–water partition coefficient (Wildman–Crippen LogP) is 4.41. The van der Waals surface area contributed by atoms with Crippen LogP contribution in [0.1, 0.15) is 9.67 Å². The van der Waals surface area contributed by atoms with E-state index in [-0.39, 0.29) is 5.91 Å². The number of amides is 1. The fourth-order valence-corrected chi connectivity index (χ4v) is 4.50. The molecule has 5 heteroatoms. The summed E-state index contributed by atoms with van der Waals surface area (Å²) in [5.41, 5.74) is 1.02. The monoisotopic (exact) mass is 373 g/mol. The molecule has 1 aliphatic heterocycles. The van der Waals surface area contributed by atoms with E-state index in [9.17, 15) is 4.79 Å². The van der Waals surface area contributed by atoms with Gasteiger partial charge in [-0.3, -0.25) is 4.79 Å². The van der Waals surface area contributed by atoms with Gasteiger partial charge in [0, 0.05) is 37.0 Å². The molecule has 2 aromatic carbocycles. The second kappa shape index (κ2) is 6.67. The molecule has 1 aliphatic rings. The molecule has 2 aromatic heterocycles. The summed E-state index contributed by atoms with van der Waals surface area (Å²) in [6.45, 7) is 3.04. The normalized spacial score (nSPS) is 14.8. The first-order valence-corrected chi connectivity index (χ1v) is 10.0. The zero-order chi connectivity index (χ0) is 18.2. The van der Waals surface area contributed by atoms with Gasteiger partial charge < -0.3 is 9.80 Å². The molecule has 4 aromatic rings. The summed E-state index contributed by atoms with van der Waals surface area (Å²) in [5, 5.41) is 5.54. The summed E-state index contributed by atoms with van der Waals surface area (Å²) in [6.07, 6.45) is 0. The van der Waals surface area contributed by atoms with Crippen LogP contribution in [-0.2, 0) is 0 Å². The van der Waals surface area contributed by atoms with E-state index >= 15 is 0 Å². The van der Waals surface area contributed by atoms with Crippen LogP contribution in [-0.4, -0.2) is 42.0 Å². The topological polar surface area (TPSA) is 36.4 Å². The van der Waals surface area contributed by atoms with Crippen molar-refractivity contribution in [3.05, 3.63) is 70.9 Å². The number of fused-ring (bicyclic) bond motifs is 3. The lowest BCUT2D eigenvalue weighted by molar-refractivity contribution is 0.0751. The Labute approximate surface area is 161 Å². The first kappa shape index (κ1) is 16.3. The molecule has 0 saturated carbocycles. The Morgan fingerprint density at radius 2 is 1.52 bits per heavy atom. The lowest BCUT2D eigenvalue weighted by Crippen LogP contribution is -2.49. The van der Waals surface area contributed by atoms with Crippen LogP contribution in [0.4, 0.5) is 5.82 Å². The molecule has 1 fully saturated rings. The van der Waals surface area contributed by atoms with E-state index in [2.05, 4.69) is 47.4 Å². The molecule has 0 spiro atoms. The van der Waals surface area contributed by atoms with Crippen molar-refractivity contribution in [2.75, 3.05) is 31.1 Å². The van der Waals surface area contributed by atoms with Crippen LogP contribution in [0.25, 0.3) is 21.7 Å². The maximum absolute atomic E-state index is 12.6. The highest BCUT2D eigenvalue weighted by Gasteiger charge is 2.24. The molecule has 5 rings (SSSR count). The molecule has 0 aliphatic carbocycles. The second-order valence-electron chi connectivity index (χ2n) is 6.75. The van der Waals surface area contributed by atoms with Crippen molar-refractivity contribution in [2.45, 2.75) is 0 Å². The maximum atomic E-state index is 12.6. The van der Waals surface area contributed by atoms with Gasteiger partial charge in [-0.05, 0) is 22.9 Å². The molecule has 3 heterocycles. The number of nitrogens with zero attached hydrogens (tertiary/aromatic N) is 3. The number of aromatic nitrogens is 1. The molecule has 1 amide bonds. The van der Waals surface area contributed by atoms with Crippen LogP contribution in [0.3, 0.4) is 0 Å². The molecule has 0 radical (unpaired) electrons. The first-order chi connectivity index (χ1) is 13.3. The molecular weight excluding hydrogens is 354 g/mol. The molecule has 0 atom stereocenters. The molecule has 134 valence electrons. The van der Waals surface area contributed by atoms with E-state index in [1.54, 1.807) is 0 Å². The van der Waals surface area contributed by atoms with Crippen LogP contribution >= 0.6 is 11.3 Å². The summed E-state index contributed by atoms with van der Waals surface area (Å²) >= 11 is 1.51. The molecular formula is C22H19N3OS. The average Bonchev–Trinajstić information content (AvgIpc) is 3.28. The number of pyridine rings is 1. The number of carbonyl (C=O) groups excluding carboxylic acids is 1.